The van der Waals surface area contributed by atoms with E-state index in [0.717, 1.165) is 12.2 Å². The molecule has 3 N–H and O–H groups in total. The fraction of sp³-hybridized carbons (Fsp3) is 0.231. The highest BCUT2D eigenvalue weighted by Crippen LogP contribution is 2.22. The van der Waals surface area contributed by atoms with Crippen molar-refractivity contribution in [3.05, 3.63) is 40.0 Å². The van der Waals surface area contributed by atoms with E-state index in [1.54, 1.807) is 23.7 Å². The largest absolute Gasteiger partial charge is 0.382 e. The Bertz CT molecular complexity index is 708. The van der Waals surface area contributed by atoms with Crippen molar-refractivity contribution in [1.29, 1.82) is 0 Å². The Morgan fingerprint density at radius 1 is 1.42 bits per heavy atom. The van der Waals surface area contributed by atoms with E-state index >= 15 is 0 Å². The zero-order valence-corrected chi connectivity index (χ0v) is 11.7. The number of imidazole rings is 1. The third-order valence-corrected chi connectivity index (χ3v) is 4.19. The van der Waals surface area contributed by atoms with Crippen LogP contribution in [0.1, 0.15) is 15.3 Å². The summed E-state index contributed by atoms with van der Waals surface area (Å²) in [6, 6.07) is 2.20. The monoisotopic (exact) mass is 273 g/mol. The maximum atomic E-state index is 5.78. The molecule has 0 aromatic carbocycles. The molecule has 98 valence electrons. The second-order valence-corrected chi connectivity index (χ2v) is 5.82. The molecule has 0 bridgehead atoms. The van der Waals surface area contributed by atoms with Gasteiger partial charge in [-0.3, -0.25) is 0 Å². The number of hydrogen-bond donors (Lipinski definition) is 2. The highest BCUT2D eigenvalue weighted by molar-refractivity contribution is 7.12. The number of nitrogen functional groups attached to an aromatic ring is 1. The zero-order chi connectivity index (χ0) is 13.4. The minimum atomic E-state index is 0.478. The maximum absolute atomic E-state index is 5.78. The molecule has 0 aliphatic carbocycles. The number of nitrogens with zero attached hydrogens (tertiary/aromatic N) is 3. The van der Waals surface area contributed by atoms with Crippen LogP contribution >= 0.6 is 11.3 Å². The van der Waals surface area contributed by atoms with Gasteiger partial charge in [0.15, 0.2) is 11.5 Å². The first kappa shape index (κ1) is 12.0. The lowest BCUT2D eigenvalue weighted by molar-refractivity contribution is 1.09. The van der Waals surface area contributed by atoms with Gasteiger partial charge in [-0.2, -0.15) is 0 Å². The Morgan fingerprint density at radius 2 is 2.26 bits per heavy atom. The normalized spacial score (nSPS) is 11.1. The van der Waals surface area contributed by atoms with E-state index in [9.17, 15) is 0 Å². The van der Waals surface area contributed by atoms with Crippen LogP contribution in [0, 0.1) is 13.8 Å². The van der Waals surface area contributed by atoms with Gasteiger partial charge in [0.1, 0.15) is 5.82 Å². The summed E-state index contributed by atoms with van der Waals surface area (Å²) in [6.45, 7) is 4.99. The molecule has 3 heterocycles. The fourth-order valence-corrected chi connectivity index (χ4v) is 2.97. The molecule has 3 aromatic rings. The van der Waals surface area contributed by atoms with Crippen LogP contribution in [0.2, 0.25) is 0 Å². The molecule has 19 heavy (non-hydrogen) atoms. The van der Waals surface area contributed by atoms with Crippen molar-refractivity contribution >= 4 is 28.6 Å². The van der Waals surface area contributed by atoms with Crippen LogP contribution in [0.4, 0.5) is 11.6 Å². The number of fused-ring (bicyclic) bond motifs is 1. The van der Waals surface area contributed by atoms with Crippen LogP contribution in [0.5, 0.6) is 0 Å². The van der Waals surface area contributed by atoms with Crippen molar-refractivity contribution < 1.29 is 0 Å². The van der Waals surface area contributed by atoms with Gasteiger partial charge >= 0.3 is 0 Å². The number of anilines is 2. The van der Waals surface area contributed by atoms with Gasteiger partial charge in [0.2, 0.25) is 0 Å². The number of thiophene rings is 1. The van der Waals surface area contributed by atoms with Crippen molar-refractivity contribution in [3.8, 4) is 0 Å². The van der Waals surface area contributed by atoms with E-state index < -0.39 is 0 Å². The number of nitrogens with two attached hydrogens (primary N) is 1. The van der Waals surface area contributed by atoms with Crippen molar-refractivity contribution in [2.45, 2.75) is 20.4 Å². The topological polar surface area (TPSA) is 68.2 Å². The first-order valence-electron chi connectivity index (χ1n) is 6.02. The minimum Gasteiger partial charge on any atom is -0.382 e. The van der Waals surface area contributed by atoms with Crippen LogP contribution in [0.3, 0.4) is 0 Å². The van der Waals surface area contributed by atoms with E-state index in [0.29, 0.717) is 11.6 Å². The van der Waals surface area contributed by atoms with Crippen molar-refractivity contribution in [1.82, 2.24) is 14.4 Å². The number of aryl methyl sites for hydroxylation is 2. The average Bonchev–Trinajstić information content (AvgIpc) is 2.94. The number of aromatic nitrogens is 3. The summed E-state index contributed by atoms with van der Waals surface area (Å²) in [7, 11) is 0. The molecule has 0 fully saturated rings. The van der Waals surface area contributed by atoms with Crippen molar-refractivity contribution in [2.24, 2.45) is 0 Å². The van der Waals surface area contributed by atoms with E-state index in [1.165, 1.54) is 15.3 Å². The standard InChI is InChI=1S/C13H15N5S/c1-8-5-10(19-9(8)2)6-16-12-13-15-3-4-18(13)7-11(14)17-12/h3-5,7H,6,14H2,1-2H3,(H,16,17). The molecule has 0 aliphatic heterocycles. The van der Waals surface area contributed by atoms with Crippen LogP contribution in [-0.2, 0) is 6.54 Å². The third-order valence-electron chi connectivity index (χ3n) is 3.04. The molecule has 0 spiro atoms. The Morgan fingerprint density at radius 3 is 3.00 bits per heavy atom. The lowest BCUT2D eigenvalue weighted by Gasteiger charge is -2.06. The second-order valence-electron chi connectivity index (χ2n) is 4.48. The van der Waals surface area contributed by atoms with Crippen LogP contribution in [0.25, 0.3) is 5.65 Å². The zero-order valence-electron chi connectivity index (χ0n) is 10.8. The van der Waals surface area contributed by atoms with Crippen molar-refractivity contribution in [3.63, 3.8) is 0 Å². The summed E-state index contributed by atoms with van der Waals surface area (Å²) < 4.78 is 1.87. The highest BCUT2D eigenvalue weighted by Gasteiger charge is 2.07. The first-order chi connectivity index (χ1) is 9.13. The summed E-state index contributed by atoms with van der Waals surface area (Å²) in [5.74, 6) is 1.19. The molecule has 0 unspecified atom stereocenters. The molecular formula is C13H15N5S. The summed E-state index contributed by atoms with van der Waals surface area (Å²) >= 11 is 1.80. The lowest BCUT2D eigenvalue weighted by Crippen LogP contribution is -2.05. The predicted molar refractivity (Wildman–Crippen MR) is 78.5 cm³/mol. The maximum Gasteiger partial charge on any atom is 0.180 e. The van der Waals surface area contributed by atoms with Gasteiger partial charge < -0.3 is 15.5 Å². The molecule has 3 rings (SSSR count). The molecule has 0 radical (unpaired) electrons. The number of nitrogens with one attached hydrogen (secondary N) is 1. The quantitative estimate of drug-likeness (QED) is 0.769. The van der Waals surface area contributed by atoms with Crippen molar-refractivity contribution in [2.75, 3.05) is 11.1 Å². The Labute approximate surface area is 115 Å². The molecule has 0 saturated heterocycles. The number of rotatable bonds is 3. The Balaban J connectivity index is 1.87. The fourth-order valence-electron chi connectivity index (χ4n) is 1.98. The molecule has 0 amide bonds. The molecule has 5 nitrogen and oxygen atoms in total. The van der Waals surface area contributed by atoms with Gasteiger partial charge in [0, 0.05) is 22.1 Å². The van der Waals surface area contributed by atoms with Gasteiger partial charge in [-0.05, 0) is 25.5 Å². The van der Waals surface area contributed by atoms with Crippen LogP contribution < -0.4 is 11.1 Å². The lowest BCUT2D eigenvalue weighted by atomic mass is 10.3. The van der Waals surface area contributed by atoms with Gasteiger partial charge in [0.25, 0.3) is 0 Å². The van der Waals surface area contributed by atoms with E-state index in [1.807, 2.05) is 10.6 Å². The summed E-state index contributed by atoms with van der Waals surface area (Å²) in [6.07, 6.45) is 5.35. The summed E-state index contributed by atoms with van der Waals surface area (Å²) in [5.41, 5.74) is 7.90. The van der Waals surface area contributed by atoms with Gasteiger partial charge in [0.05, 0.1) is 12.7 Å². The highest BCUT2D eigenvalue weighted by atomic mass is 32.1. The molecule has 6 heteroatoms. The Hall–Kier alpha value is -2.08. The third kappa shape index (κ3) is 2.26. The predicted octanol–water partition coefficient (Wildman–Crippen LogP) is 2.60. The second kappa shape index (κ2) is 4.55. The summed E-state index contributed by atoms with van der Waals surface area (Å²) in [4.78, 5) is 11.2. The smallest absolute Gasteiger partial charge is 0.180 e. The molecular weight excluding hydrogens is 258 g/mol. The minimum absolute atomic E-state index is 0.478. The molecule has 0 saturated carbocycles. The molecule has 0 atom stereocenters. The van der Waals surface area contributed by atoms with Crippen LogP contribution in [-0.4, -0.2) is 14.4 Å². The van der Waals surface area contributed by atoms with E-state index in [2.05, 4.69) is 35.2 Å². The van der Waals surface area contributed by atoms with Gasteiger partial charge in [-0.25, -0.2) is 9.97 Å². The van der Waals surface area contributed by atoms with Crippen LogP contribution in [0.15, 0.2) is 24.7 Å². The SMILES string of the molecule is Cc1cc(CNc2nc(N)cn3ccnc23)sc1C. The van der Waals surface area contributed by atoms with E-state index in [4.69, 9.17) is 5.73 Å². The van der Waals surface area contributed by atoms with Gasteiger partial charge in [-0.1, -0.05) is 0 Å². The molecule has 0 aliphatic rings. The summed E-state index contributed by atoms with van der Waals surface area (Å²) in [5, 5.41) is 3.31. The number of hydrogen-bond acceptors (Lipinski definition) is 5. The molecule has 3 aromatic heterocycles. The average molecular weight is 273 g/mol. The first-order valence-corrected chi connectivity index (χ1v) is 6.84. The Kier molecular flexibility index (Phi) is 2.87. The van der Waals surface area contributed by atoms with E-state index in [-0.39, 0.29) is 0 Å². The van der Waals surface area contributed by atoms with Gasteiger partial charge in [-0.15, -0.1) is 11.3 Å².